The number of nitrogens with one attached hydrogen (secondary N) is 1. The van der Waals surface area contributed by atoms with Crippen LogP contribution in [0.3, 0.4) is 0 Å². The van der Waals surface area contributed by atoms with Crippen molar-refractivity contribution in [1.82, 2.24) is 18.8 Å². The van der Waals surface area contributed by atoms with E-state index in [1.807, 2.05) is 18.2 Å². The van der Waals surface area contributed by atoms with Crippen LogP contribution in [0.15, 0.2) is 59.5 Å². The zero-order valence-electron chi connectivity index (χ0n) is 19.6. The first kappa shape index (κ1) is 26.3. The standard InChI is InChI=1S/C23H32N4O5S2/c1-25(2)34(31,32)22-10-8-21(9-11-22)23(28)24-13-19-33(29,30)27-17-15-26(16-18-27)14-12-20-6-4-3-5-7-20/h3-11H,12-19H2,1-2H3,(H,24,28). The number of hydrogen-bond donors (Lipinski definition) is 1. The number of rotatable bonds is 10. The smallest absolute Gasteiger partial charge is 0.251 e. The van der Waals surface area contributed by atoms with E-state index in [1.54, 1.807) is 0 Å². The van der Waals surface area contributed by atoms with Gasteiger partial charge in [-0.25, -0.2) is 21.1 Å². The van der Waals surface area contributed by atoms with Crippen molar-refractivity contribution in [1.29, 1.82) is 0 Å². The Bertz CT molecular complexity index is 1160. The summed E-state index contributed by atoms with van der Waals surface area (Å²) < 4.78 is 52.2. The number of piperazine rings is 1. The molecule has 186 valence electrons. The minimum absolute atomic E-state index is 0.0207. The van der Waals surface area contributed by atoms with E-state index in [-0.39, 0.29) is 22.8 Å². The molecule has 0 bridgehead atoms. The van der Waals surface area contributed by atoms with Gasteiger partial charge in [-0.1, -0.05) is 30.3 Å². The van der Waals surface area contributed by atoms with Crippen LogP contribution >= 0.6 is 0 Å². The second-order valence-corrected chi connectivity index (χ2v) is 12.6. The first-order valence-corrected chi connectivity index (χ1v) is 14.2. The SMILES string of the molecule is CN(C)S(=O)(=O)c1ccc(C(=O)NCCS(=O)(=O)N2CCN(CCc3ccccc3)CC2)cc1. The van der Waals surface area contributed by atoms with E-state index < -0.39 is 26.0 Å². The molecule has 0 aliphatic carbocycles. The summed E-state index contributed by atoms with van der Waals surface area (Å²) in [5.41, 5.74) is 1.53. The quantitative estimate of drug-likeness (QED) is 0.510. The van der Waals surface area contributed by atoms with E-state index in [2.05, 4.69) is 22.3 Å². The van der Waals surface area contributed by atoms with Gasteiger partial charge in [0.25, 0.3) is 5.91 Å². The molecule has 0 aromatic heterocycles. The number of carbonyl (C=O) groups excluding carboxylic acids is 1. The molecule has 2 aromatic rings. The normalized spacial score (nSPS) is 16.0. The first-order chi connectivity index (χ1) is 16.1. The molecule has 1 amide bonds. The van der Waals surface area contributed by atoms with Crippen LogP contribution in [0.4, 0.5) is 0 Å². The second kappa shape index (κ2) is 11.4. The van der Waals surface area contributed by atoms with Gasteiger partial charge in [0.05, 0.1) is 10.6 Å². The van der Waals surface area contributed by atoms with Crippen molar-refractivity contribution >= 4 is 26.0 Å². The molecule has 0 spiro atoms. The van der Waals surface area contributed by atoms with Crippen LogP contribution in [-0.2, 0) is 26.5 Å². The van der Waals surface area contributed by atoms with Crippen molar-refractivity contribution in [3.05, 3.63) is 65.7 Å². The number of sulfonamides is 2. The lowest BCUT2D eigenvalue weighted by Gasteiger charge is -2.34. The van der Waals surface area contributed by atoms with Gasteiger partial charge in [0, 0.05) is 58.9 Å². The van der Waals surface area contributed by atoms with E-state index in [9.17, 15) is 21.6 Å². The van der Waals surface area contributed by atoms with Gasteiger partial charge in [-0.2, -0.15) is 4.31 Å². The zero-order chi connectivity index (χ0) is 24.8. The summed E-state index contributed by atoms with van der Waals surface area (Å²) in [6, 6.07) is 15.8. The third-order valence-corrected chi connectivity index (χ3v) is 9.53. The van der Waals surface area contributed by atoms with Crippen molar-refractivity contribution in [3.63, 3.8) is 0 Å². The average Bonchev–Trinajstić information content (AvgIpc) is 2.83. The van der Waals surface area contributed by atoms with E-state index in [0.717, 1.165) is 17.3 Å². The lowest BCUT2D eigenvalue weighted by molar-refractivity contribution is 0.0956. The van der Waals surface area contributed by atoms with Gasteiger partial charge < -0.3 is 10.2 Å². The van der Waals surface area contributed by atoms with Gasteiger partial charge in [-0.3, -0.25) is 4.79 Å². The average molecular weight is 509 g/mol. The Balaban J connectivity index is 1.43. The Morgan fingerprint density at radius 2 is 1.53 bits per heavy atom. The molecule has 11 heteroatoms. The molecule has 0 saturated carbocycles. The molecule has 2 aromatic carbocycles. The summed E-state index contributed by atoms with van der Waals surface area (Å²) in [4.78, 5) is 14.7. The number of nitrogens with zero attached hydrogens (tertiary/aromatic N) is 3. The maximum atomic E-state index is 12.7. The van der Waals surface area contributed by atoms with Gasteiger partial charge >= 0.3 is 0 Å². The molecule has 1 saturated heterocycles. The van der Waals surface area contributed by atoms with E-state index in [1.165, 1.54) is 48.2 Å². The van der Waals surface area contributed by atoms with Crippen molar-refractivity contribution in [3.8, 4) is 0 Å². The minimum atomic E-state index is -3.58. The molecule has 1 fully saturated rings. The third kappa shape index (κ3) is 6.86. The van der Waals surface area contributed by atoms with E-state index in [0.29, 0.717) is 26.2 Å². The largest absolute Gasteiger partial charge is 0.351 e. The molecular formula is C23H32N4O5S2. The van der Waals surface area contributed by atoms with Crippen LogP contribution in [-0.4, -0.2) is 95.4 Å². The molecule has 1 aliphatic rings. The van der Waals surface area contributed by atoms with Gasteiger partial charge in [0.15, 0.2) is 0 Å². The highest BCUT2D eigenvalue weighted by Gasteiger charge is 2.26. The summed E-state index contributed by atoms with van der Waals surface area (Å²) in [5.74, 6) is -0.634. The van der Waals surface area contributed by atoms with Crippen molar-refractivity contribution in [2.45, 2.75) is 11.3 Å². The lowest BCUT2D eigenvalue weighted by atomic mass is 10.1. The van der Waals surface area contributed by atoms with Crippen molar-refractivity contribution in [2.24, 2.45) is 0 Å². The fourth-order valence-corrected chi connectivity index (χ4v) is 5.92. The highest BCUT2D eigenvalue weighted by molar-refractivity contribution is 7.89. The maximum Gasteiger partial charge on any atom is 0.251 e. The summed E-state index contributed by atoms with van der Waals surface area (Å²) in [7, 11) is -4.19. The summed E-state index contributed by atoms with van der Waals surface area (Å²) in [5, 5.41) is 2.61. The highest BCUT2D eigenvalue weighted by Crippen LogP contribution is 2.14. The predicted molar refractivity (Wildman–Crippen MR) is 132 cm³/mol. The number of carbonyl (C=O) groups is 1. The molecule has 1 heterocycles. The fourth-order valence-electron chi connectivity index (χ4n) is 3.68. The Morgan fingerprint density at radius 1 is 0.912 bits per heavy atom. The Morgan fingerprint density at radius 3 is 2.12 bits per heavy atom. The number of benzene rings is 2. The first-order valence-electron chi connectivity index (χ1n) is 11.1. The van der Waals surface area contributed by atoms with Gasteiger partial charge in [0.2, 0.25) is 20.0 Å². The van der Waals surface area contributed by atoms with Crippen LogP contribution in [0.1, 0.15) is 15.9 Å². The summed E-state index contributed by atoms with van der Waals surface area (Å²) in [6.07, 6.45) is 0.932. The summed E-state index contributed by atoms with van der Waals surface area (Å²) >= 11 is 0. The number of amides is 1. The highest BCUT2D eigenvalue weighted by atomic mass is 32.2. The van der Waals surface area contributed by atoms with Crippen molar-refractivity contribution in [2.75, 3.05) is 59.1 Å². The van der Waals surface area contributed by atoms with Crippen LogP contribution in [0.25, 0.3) is 0 Å². The molecule has 0 radical (unpaired) electrons. The molecule has 34 heavy (non-hydrogen) atoms. The predicted octanol–water partition coefficient (Wildman–Crippen LogP) is 0.857. The summed E-state index contributed by atoms with van der Waals surface area (Å²) in [6.45, 7) is 3.11. The lowest BCUT2D eigenvalue weighted by Crippen LogP contribution is -2.50. The fraction of sp³-hybridized carbons (Fsp3) is 0.435. The topological polar surface area (TPSA) is 107 Å². The maximum absolute atomic E-state index is 12.7. The van der Waals surface area contributed by atoms with Gasteiger partial charge in [0.1, 0.15) is 0 Å². The molecule has 9 nitrogen and oxygen atoms in total. The third-order valence-electron chi connectivity index (χ3n) is 5.82. The Hall–Kier alpha value is -2.31. The molecule has 3 rings (SSSR count). The van der Waals surface area contributed by atoms with Crippen LogP contribution < -0.4 is 5.32 Å². The van der Waals surface area contributed by atoms with Gasteiger partial charge in [-0.05, 0) is 36.2 Å². The minimum Gasteiger partial charge on any atom is -0.351 e. The molecule has 0 unspecified atom stereocenters. The van der Waals surface area contributed by atoms with Crippen LogP contribution in [0.2, 0.25) is 0 Å². The van der Waals surface area contributed by atoms with Crippen molar-refractivity contribution < 1.29 is 21.6 Å². The second-order valence-electron chi connectivity index (χ2n) is 8.36. The van der Waals surface area contributed by atoms with E-state index in [4.69, 9.17) is 0 Å². The van der Waals surface area contributed by atoms with Crippen LogP contribution in [0, 0.1) is 0 Å². The molecule has 0 atom stereocenters. The van der Waals surface area contributed by atoms with E-state index >= 15 is 0 Å². The van der Waals surface area contributed by atoms with Crippen LogP contribution in [0.5, 0.6) is 0 Å². The Labute approximate surface area is 202 Å². The molecule has 1 aliphatic heterocycles. The zero-order valence-corrected chi connectivity index (χ0v) is 21.2. The Kier molecular flexibility index (Phi) is 8.83. The monoisotopic (exact) mass is 508 g/mol. The molecular weight excluding hydrogens is 476 g/mol. The number of hydrogen-bond acceptors (Lipinski definition) is 6. The molecule has 1 N–H and O–H groups in total. The van der Waals surface area contributed by atoms with Gasteiger partial charge in [-0.15, -0.1) is 0 Å².